The fourth-order valence-electron chi connectivity index (χ4n) is 2.49. The van der Waals surface area contributed by atoms with Gasteiger partial charge in [0.2, 0.25) is 5.91 Å². The molecule has 1 amide bonds. The summed E-state index contributed by atoms with van der Waals surface area (Å²) >= 11 is 0. The van der Waals surface area contributed by atoms with Crippen molar-refractivity contribution in [1.82, 2.24) is 5.32 Å². The van der Waals surface area contributed by atoms with E-state index in [0.29, 0.717) is 12.0 Å². The number of rotatable bonds is 8. The molecule has 0 aliphatic rings. The van der Waals surface area contributed by atoms with Crippen LogP contribution in [0.2, 0.25) is 0 Å². The Hall–Kier alpha value is -2.66. The molecule has 0 heterocycles. The van der Waals surface area contributed by atoms with Crippen LogP contribution in [-0.4, -0.2) is 29.6 Å². The fraction of sp³-hybridized carbons (Fsp3) is 0.300. The number of esters is 1. The third-order valence-electron chi connectivity index (χ3n) is 3.80. The molecule has 2 unspecified atom stereocenters. The van der Waals surface area contributed by atoms with E-state index in [4.69, 9.17) is 4.74 Å². The average Bonchev–Trinajstić information content (AvgIpc) is 2.65. The predicted molar refractivity (Wildman–Crippen MR) is 94.7 cm³/mol. The van der Waals surface area contributed by atoms with Gasteiger partial charge in [-0.15, -0.1) is 0 Å². The van der Waals surface area contributed by atoms with Crippen molar-refractivity contribution >= 4 is 11.9 Å². The topological polar surface area (TPSA) is 75.6 Å². The van der Waals surface area contributed by atoms with Crippen LogP contribution >= 0.6 is 0 Å². The summed E-state index contributed by atoms with van der Waals surface area (Å²) in [5.41, 5.74) is 1.58. The lowest BCUT2D eigenvalue weighted by molar-refractivity contribution is -0.151. The van der Waals surface area contributed by atoms with E-state index in [1.807, 2.05) is 36.4 Å². The van der Waals surface area contributed by atoms with Gasteiger partial charge in [-0.25, -0.2) is 4.79 Å². The minimum absolute atomic E-state index is 0.177. The number of nitrogens with one attached hydrogen (secondary N) is 1. The highest BCUT2D eigenvalue weighted by Crippen LogP contribution is 2.18. The van der Waals surface area contributed by atoms with Gasteiger partial charge in [0.15, 0.2) is 6.04 Å². The summed E-state index contributed by atoms with van der Waals surface area (Å²) in [6.07, 6.45) is -0.383. The van der Waals surface area contributed by atoms with Gasteiger partial charge < -0.3 is 15.2 Å². The van der Waals surface area contributed by atoms with Gasteiger partial charge in [-0.05, 0) is 24.5 Å². The van der Waals surface area contributed by atoms with Crippen molar-refractivity contribution in [1.29, 1.82) is 0 Å². The van der Waals surface area contributed by atoms with E-state index < -0.39 is 18.1 Å². The molecule has 5 heteroatoms. The van der Waals surface area contributed by atoms with Gasteiger partial charge in [0, 0.05) is 6.42 Å². The van der Waals surface area contributed by atoms with E-state index in [1.54, 1.807) is 31.2 Å². The number of benzene rings is 2. The molecule has 25 heavy (non-hydrogen) atoms. The number of carbonyl (C=O) groups is 2. The molecule has 0 saturated carbocycles. The average molecular weight is 341 g/mol. The number of ether oxygens (including phenoxy) is 1. The van der Waals surface area contributed by atoms with Crippen LogP contribution < -0.4 is 5.32 Å². The zero-order valence-corrected chi connectivity index (χ0v) is 14.2. The highest BCUT2D eigenvalue weighted by molar-refractivity contribution is 5.85. The molecule has 2 atom stereocenters. The summed E-state index contributed by atoms with van der Waals surface area (Å²) in [5, 5.41) is 13.1. The van der Waals surface area contributed by atoms with Crippen molar-refractivity contribution in [3.63, 3.8) is 0 Å². The first-order chi connectivity index (χ1) is 12.1. The Bertz CT molecular complexity index is 673. The van der Waals surface area contributed by atoms with Crippen LogP contribution in [0.25, 0.3) is 0 Å². The summed E-state index contributed by atoms with van der Waals surface area (Å²) in [5.74, 6) is -0.955. The molecule has 2 aromatic carbocycles. The summed E-state index contributed by atoms with van der Waals surface area (Å²) in [6, 6.07) is 17.2. The summed E-state index contributed by atoms with van der Waals surface area (Å²) in [4.78, 5) is 24.4. The largest absolute Gasteiger partial charge is 0.464 e. The van der Waals surface area contributed by atoms with E-state index in [-0.39, 0.29) is 18.9 Å². The van der Waals surface area contributed by atoms with Gasteiger partial charge >= 0.3 is 5.97 Å². The molecule has 0 fully saturated rings. The number of hydrogen-bond acceptors (Lipinski definition) is 4. The molecule has 132 valence electrons. The Morgan fingerprint density at radius 3 is 2.24 bits per heavy atom. The Balaban J connectivity index is 2.02. The maximum absolute atomic E-state index is 12.2. The maximum Gasteiger partial charge on any atom is 0.331 e. The number of aliphatic hydroxyl groups is 1. The van der Waals surface area contributed by atoms with Gasteiger partial charge in [-0.1, -0.05) is 60.7 Å². The van der Waals surface area contributed by atoms with Crippen molar-refractivity contribution in [2.24, 2.45) is 0 Å². The van der Waals surface area contributed by atoms with Gasteiger partial charge in [-0.2, -0.15) is 0 Å². The van der Waals surface area contributed by atoms with Gasteiger partial charge in [-0.3, -0.25) is 4.79 Å². The number of hydrogen-bond donors (Lipinski definition) is 2. The van der Waals surface area contributed by atoms with E-state index in [9.17, 15) is 14.7 Å². The van der Waals surface area contributed by atoms with Crippen LogP contribution in [0.3, 0.4) is 0 Å². The van der Waals surface area contributed by atoms with Crippen molar-refractivity contribution in [3.05, 3.63) is 71.8 Å². The van der Waals surface area contributed by atoms with E-state index in [2.05, 4.69) is 5.32 Å². The van der Waals surface area contributed by atoms with Gasteiger partial charge in [0.25, 0.3) is 0 Å². The smallest absolute Gasteiger partial charge is 0.331 e. The van der Waals surface area contributed by atoms with Crippen LogP contribution in [-0.2, 0) is 20.7 Å². The molecular weight excluding hydrogens is 318 g/mol. The normalized spacial score (nSPS) is 12.9. The zero-order valence-electron chi connectivity index (χ0n) is 14.2. The molecule has 2 aromatic rings. The molecule has 0 radical (unpaired) electrons. The SMILES string of the molecule is CCOC(=O)C(NC(=O)CCc1ccccc1)C(O)c1ccccc1. The molecule has 0 saturated heterocycles. The Morgan fingerprint density at radius 1 is 1.04 bits per heavy atom. The van der Waals surface area contributed by atoms with Gasteiger partial charge in [0.05, 0.1) is 6.61 Å². The second kappa shape index (κ2) is 9.59. The lowest BCUT2D eigenvalue weighted by atomic mass is 10.0. The lowest BCUT2D eigenvalue weighted by Crippen LogP contribution is -2.46. The first-order valence-corrected chi connectivity index (χ1v) is 8.34. The number of aryl methyl sites for hydroxylation is 1. The number of amides is 1. The summed E-state index contributed by atoms with van der Waals surface area (Å²) in [6.45, 7) is 1.86. The molecule has 0 aliphatic heterocycles. The minimum atomic E-state index is -1.17. The lowest BCUT2D eigenvalue weighted by Gasteiger charge is -2.23. The number of aliphatic hydroxyl groups excluding tert-OH is 1. The molecular formula is C20H23NO4. The molecule has 2 N–H and O–H groups in total. The van der Waals surface area contributed by atoms with Crippen molar-refractivity contribution < 1.29 is 19.4 Å². The monoisotopic (exact) mass is 341 g/mol. The third kappa shape index (κ3) is 5.72. The summed E-state index contributed by atoms with van der Waals surface area (Å²) < 4.78 is 5.00. The van der Waals surface area contributed by atoms with Crippen LogP contribution in [0.15, 0.2) is 60.7 Å². The second-order valence-electron chi connectivity index (χ2n) is 5.64. The van der Waals surface area contributed by atoms with Crippen LogP contribution in [0, 0.1) is 0 Å². The zero-order chi connectivity index (χ0) is 18.1. The molecule has 0 bridgehead atoms. The molecule has 5 nitrogen and oxygen atoms in total. The first kappa shape index (κ1) is 18.7. The predicted octanol–water partition coefficient (Wildman–Crippen LogP) is 2.40. The second-order valence-corrected chi connectivity index (χ2v) is 5.64. The van der Waals surface area contributed by atoms with Crippen molar-refractivity contribution in [2.45, 2.75) is 31.9 Å². The van der Waals surface area contributed by atoms with E-state index in [1.165, 1.54) is 0 Å². The van der Waals surface area contributed by atoms with Crippen LogP contribution in [0.4, 0.5) is 0 Å². The molecule has 0 aliphatic carbocycles. The standard InChI is InChI=1S/C20H23NO4/c1-2-25-20(24)18(19(23)16-11-7-4-8-12-16)21-17(22)14-13-15-9-5-3-6-10-15/h3-12,18-19,23H,2,13-14H2,1H3,(H,21,22). The molecule has 0 aromatic heterocycles. The van der Waals surface area contributed by atoms with Crippen molar-refractivity contribution in [3.8, 4) is 0 Å². The maximum atomic E-state index is 12.2. The molecule has 0 spiro atoms. The van der Waals surface area contributed by atoms with E-state index in [0.717, 1.165) is 5.56 Å². The quantitative estimate of drug-likeness (QED) is 0.723. The minimum Gasteiger partial charge on any atom is -0.464 e. The molecule has 2 rings (SSSR count). The highest BCUT2D eigenvalue weighted by Gasteiger charge is 2.30. The highest BCUT2D eigenvalue weighted by atomic mass is 16.5. The van der Waals surface area contributed by atoms with Gasteiger partial charge in [0.1, 0.15) is 6.10 Å². The Morgan fingerprint density at radius 2 is 1.64 bits per heavy atom. The van der Waals surface area contributed by atoms with Crippen molar-refractivity contribution in [2.75, 3.05) is 6.61 Å². The number of carbonyl (C=O) groups excluding carboxylic acids is 2. The Labute approximate surface area is 147 Å². The summed E-state index contributed by atoms with van der Waals surface area (Å²) in [7, 11) is 0. The first-order valence-electron chi connectivity index (χ1n) is 8.34. The van der Waals surface area contributed by atoms with Crippen LogP contribution in [0.5, 0.6) is 0 Å². The van der Waals surface area contributed by atoms with E-state index >= 15 is 0 Å². The Kier molecular flexibility index (Phi) is 7.16. The fourth-order valence-corrected chi connectivity index (χ4v) is 2.49. The third-order valence-corrected chi connectivity index (χ3v) is 3.80. The van der Waals surface area contributed by atoms with Crippen LogP contribution in [0.1, 0.15) is 30.6 Å².